The van der Waals surface area contributed by atoms with E-state index in [-0.39, 0.29) is 18.6 Å². The lowest BCUT2D eigenvalue weighted by atomic mass is 10.1. The van der Waals surface area contributed by atoms with Crippen molar-refractivity contribution in [3.8, 4) is 17.2 Å². The summed E-state index contributed by atoms with van der Waals surface area (Å²) in [5, 5.41) is 3.47. The number of benzene rings is 2. The van der Waals surface area contributed by atoms with E-state index >= 15 is 0 Å². The lowest BCUT2D eigenvalue weighted by Crippen LogP contribution is -2.31. The fraction of sp³-hybridized carbons (Fsp3) is 0.350. The highest BCUT2D eigenvalue weighted by atomic mass is 35.5. The second-order valence-electron chi connectivity index (χ2n) is 5.61. The molecular weight excluding hydrogens is 354 g/mol. The van der Waals surface area contributed by atoms with Crippen molar-refractivity contribution in [2.24, 2.45) is 0 Å². The highest BCUT2D eigenvalue weighted by Gasteiger charge is 2.13. The van der Waals surface area contributed by atoms with E-state index in [2.05, 4.69) is 5.32 Å². The zero-order valence-corrected chi connectivity index (χ0v) is 16.0. The number of hydrogen-bond donors (Lipinski definition) is 1. The molecule has 0 saturated heterocycles. The number of hydrogen-bond acceptors (Lipinski definition) is 4. The van der Waals surface area contributed by atoms with E-state index in [4.69, 9.17) is 25.8 Å². The van der Waals surface area contributed by atoms with E-state index in [9.17, 15) is 4.79 Å². The van der Waals surface area contributed by atoms with Crippen LogP contribution in [0.25, 0.3) is 0 Å². The van der Waals surface area contributed by atoms with Gasteiger partial charge in [0.25, 0.3) is 5.91 Å². The molecule has 0 aliphatic carbocycles. The Balaban J connectivity index is 1.96. The van der Waals surface area contributed by atoms with Crippen LogP contribution in [0.5, 0.6) is 17.2 Å². The van der Waals surface area contributed by atoms with Gasteiger partial charge in [0.1, 0.15) is 5.75 Å². The van der Waals surface area contributed by atoms with Gasteiger partial charge in [-0.3, -0.25) is 4.79 Å². The molecule has 0 fully saturated rings. The lowest BCUT2D eigenvalue weighted by Gasteiger charge is -2.17. The highest BCUT2D eigenvalue weighted by molar-refractivity contribution is 6.30. The zero-order chi connectivity index (χ0) is 18.9. The molecule has 1 atom stereocenters. The molecule has 2 aromatic rings. The summed E-state index contributed by atoms with van der Waals surface area (Å²) >= 11 is 5.90. The normalized spacial score (nSPS) is 11.5. The molecule has 1 N–H and O–H groups in total. The summed E-state index contributed by atoms with van der Waals surface area (Å²) in [6.45, 7) is 6.76. The highest BCUT2D eigenvalue weighted by Crippen LogP contribution is 2.30. The Morgan fingerprint density at radius 3 is 2.46 bits per heavy atom. The smallest absolute Gasteiger partial charge is 0.258 e. The van der Waals surface area contributed by atoms with E-state index < -0.39 is 0 Å². The van der Waals surface area contributed by atoms with Crippen LogP contribution in [-0.4, -0.2) is 25.7 Å². The van der Waals surface area contributed by atoms with Gasteiger partial charge in [0, 0.05) is 5.02 Å². The molecule has 0 saturated carbocycles. The number of nitrogens with one attached hydrogen (secondary N) is 1. The molecule has 26 heavy (non-hydrogen) atoms. The minimum atomic E-state index is -0.218. The average molecular weight is 378 g/mol. The van der Waals surface area contributed by atoms with Crippen molar-refractivity contribution < 1.29 is 19.0 Å². The third kappa shape index (κ3) is 5.85. The lowest BCUT2D eigenvalue weighted by molar-refractivity contribution is -0.123. The summed E-state index contributed by atoms with van der Waals surface area (Å²) in [4.78, 5) is 12.1. The Morgan fingerprint density at radius 2 is 1.77 bits per heavy atom. The van der Waals surface area contributed by atoms with Crippen molar-refractivity contribution in [1.82, 2.24) is 5.32 Å². The van der Waals surface area contributed by atoms with Gasteiger partial charge in [-0.1, -0.05) is 23.7 Å². The van der Waals surface area contributed by atoms with Gasteiger partial charge in [-0.05, 0) is 56.7 Å². The molecule has 0 aliphatic rings. The maximum atomic E-state index is 12.1. The van der Waals surface area contributed by atoms with Gasteiger partial charge < -0.3 is 19.5 Å². The van der Waals surface area contributed by atoms with Crippen LogP contribution >= 0.6 is 11.6 Å². The molecule has 140 valence electrons. The second-order valence-corrected chi connectivity index (χ2v) is 6.04. The topological polar surface area (TPSA) is 56.8 Å². The van der Waals surface area contributed by atoms with Gasteiger partial charge >= 0.3 is 0 Å². The Labute approximate surface area is 159 Å². The van der Waals surface area contributed by atoms with Crippen molar-refractivity contribution >= 4 is 17.5 Å². The largest absolute Gasteiger partial charge is 0.490 e. The summed E-state index contributed by atoms with van der Waals surface area (Å²) in [6, 6.07) is 12.4. The summed E-state index contributed by atoms with van der Waals surface area (Å²) in [7, 11) is 0. The van der Waals surface area contributed by atoms with Gasteiger partial charge in [0.2, 0.25) is 0 Å². The van der Waals surface area contributed by atoms with Crippen LogP contribution in [0.4, 0.5) is 0 Å². The monoisotopic (exact) mass is 377 g/mol. The van der Waals surface area contributed by atoms with Crippen LogP contribution in [0.15, 0.2) is 42.5 Å². The molecule has 0 aromatic heterocycles. The molecule has 1 amide bonds. The molecule has 0 bridgehead atoms. The van der Waals surface area contributed by atoms with Crippen LogP contribution in [0.1, 0.15) is 32.4 Å². The first kappa shape index (κ1) is 19.9. The molecule has 0 unspecified atom stereocenters. The Kier molecular flexibility index (Phi) is 7.60. The van der Waals surface area contributed by atoms with Gasteiger partial charge in [0.15, 0.2) is 18.1 Å². The summed E-state index contributed by atoms with van der Waals surface area (Å²) in [6.07, 6.45) is 0. The average Bonchev–Trinajstić information content (AvgIpc) is 2.62. The molecular formula is C20H24ClNO4. The third-order valence-electron chi connectivity index (χ3n) is 3.61. The number of carbonyl (C=O) groups excluding carboxylic acids is 1. The minimum Gasteiger partial charge on any atom is -0.490 e. The number of halogens is 1. The first-order valence-electron chi connectivity index (χ1n) is 8.60. The van der Waals surface area contributed by atoms with Gasteiger partial charge in [0.05, 0.1) is 19.3 Å². The van der Waals surface area contributed by atoms with Gasteiger partial charge in [-0.2, -0.15) is 0 Å². The van der Waals surface area contributed by atoms with E-state index in [1.807, 2.05) is 39.0 Å². The van der Waals surface area contributed by atoms with Crippen LogP contribution in [-0.2, 0) is 4.79 Å². The van der Waals surface area contributed by atoms with E-state index in [1.165, 1.54) is 0 Å². The van der Waals surface area contributed by atoms with Crippen LogP contribution in [0.2, 0.25) is 5.02 Å². The Morgan fingerprint density at radius 1 is 1.04 bits per heavy atom. The molecule has 5 nitrogen and oxygen atoms in total. The summed E-state index contributed by atoms with van der Waals surface area (Å²) in [5.74, 6) is 1.70. The standard InChI is InChI=1S/C20H24ClNO4/c1-4-24-18-10-9-15(11-19(18)25-5-2)14(3)22-20(23)13-26-17-8-6-7-16(21)12-17/h6-12,14H,4-5,13H2,1-3H3,(H,22,23)/t14-/m0/s1. The summed E-state index contributed by atoms with van der Waals surface area (Å²) in [5.41, 5.74) is 0.924. The van der Waals surface area contributed by atoms with E-state index in [0.29, 0.717) is 35.5 Å². The number of amides is 1. The zero-order valence-electron chi connectivity index (χ0n) is 15.3. The Hall–Kier alpha value is -2.40. The number of ether oxygens (including phenoxy) is 3. The molecule has 0 spiro atoms. The maximum absolute atomic E-state index is 12.1. The molecule has 2 aromatic carbocycles. The van der Waals surface area contributed by atoms with Crippen LogP contribution < -0.4 is 19.5 Å². The molecule has 0 radical (unpaired) electrons. The van der Waals surface area contributed by atoms with E-state index in [1.54, 1.807) is 24.3 Å². The van der Waals surface area contributed by atoms with Gasteiger partial charge in [-0.15, -0.1) is 0 Å². The number of carbonyl (C=O) groups is 1. The Bertz CT molecular complexity index is 736. The summed E-state index contributed by atoms with van der Waals surface area (Å²) < 4.78 is 16.6. The predicted octanol–water partition coefficient (Wildman–Crippen LogP) is 4.39. The van der Waals surface area contributed by atoms with Crippen LogP contribution in [0.3, 0.4) is 0 Å². The van der Waals surface area contributed by atoms with Crippen molar-refractivity contribution in [2.45, 2.75) is 26.8 Å². The fourth-order valence-corrected chi connectivity index (χ4v) is 2.59. The van der Waals surface area contributed by atoms with Crippen molar-refractivity contribution in [1.29, 1.82) is 0 Å². The quantitative estimate of drug-likeness (QED) is 0.704. The first-order chi connectivity index (χ1) is 12.5. The molecule has 0 aliphatic heterocycles. The second kappa shape index (κ2) is 9.92. The first-order valence-corrected chi connectivity index (χ1v) is 8.98. The molecule has 0 heterocycles. The van der Waals surface area contributed by atoms with Crippen molar-refractivity contribution in [3.05, 3.63) is 53.1 Å². The number of rotatable bonds is 9. The fourth-order valence-electron chi connectivity index (χ4n) is 2.41. The maximum Gasteiger partial charge on any atom is 0.258 e. The van der Waals surface area contributed by atoms with Crippen molar-refractivity contribution in [2.75, 3.05) is 19.8 Å². The molecule has 2 rings (SSSR count). The minimum absolute atomic E-state index is 0.0833. The van der Waals surface area contributed by atoms with Gasteiger partial charge in [-0.25, -0.2) is 0 Å². The van der Waals surface area contributed by atoms with Crippen molar-refractivity contribution in [3.63, 3.8) is 0 Å². The molecule has 6 heteroatoms. The van der Waals surface area contributed by atoms with Crippen LogP contribution in [0, 0.1) is 0 Å². The third-order valence-corrected chi connectivity index (χ3v) is 3.85. The van der Waals surface area contributed by atoms with E-state index in [0.717, 1.165) is 5.56 Å². The SMILES string of the molecule is CCOc1ccc([C@H](C)NC(=O)COc2cccc(Cl)c2)cc1OCC. The predicted molar refractivity (Wildman–Crippen MR) is 102 cm³/mol.